The first-order valence-corrected chi connectivity index (χ1v) is 8.40. The Bertz CT molecular complexity index is 439. The Morgan fingerprint density at radius 1 is 1.30 bits per heavy atom. The van der Waals surface area contributed by atoms with Crippen molar-refractivity contribution in [3.05, 3.63) is 28.2 Å². The Balaban J connectivity index is 2.17. The Hall–Kier alpha value is -0.540. The van der Waals surface area contributed by atoms with Crippen LogP contribution in [0, 0.1) is 5.41 Å². The maximum Gasteiger partial charge on any atom is 0.122 e. The predicted molar refractivity (Wildman–Crippen MR) is 88.4 cm³/mol. The van der Waals surface area contributed by atoms with Gasteiger partial charge in [0, 0.05) is 17.1 Å². The summed E-state index contributed by atoms with van der Waals surface area (Å²) in [6.45, 7) is 5.56. The van der Waals surface area contributed by atoms with Crippen molar-refractivity contribution >= 4 is 15.9 Å². The number of hydrogen-bond acceptors (Lipinski definition) is 2. The molecule has 0 radical (unpaired) electrons. The number of benzene rings is 1. The van der Waals surface area contributed by atoms with Gasteiger partial charge in [0.2, 0.25) is 0 Å². The molecule has 2 rings (SSSR count). The smallest absolute Gasteiger partial charge is 0.122 e. The zero-order valence-electron chi connectivity index (χ0n) is 12.8. The summed E-state index contributed by atoms with van der Waals surface area (Å²) in [6.07, 6.45) is 6.46. The largest absolute Gasteiger partial charge is 0.496 e. The maximum absolute atomic E-state index is 5.54. The minimum Gasteiger partial charge on any atom is -0.496 e. The predicted octanol–water partition coefficient (Wildman–Crippen LogP) is 4.56. The molecule has 0 amide bonds. The van der Waals surface area contributed by atoms with Crippen molar-refractivity contribution in [3.8, 4) is 5.75 Å². The maximum atomic E-state index is 5.54. The number of methoxy groups -OCH3 is 1. The lowest BCUT2D eigenvalue weighted by Gasteiger charge is -2.31. The van der Waals surface area contributed by atoms with E-state index in [0.717, 1.165) is 23.2 Å². The first-order chi connectivity index (χ1) is 9.54. The molecule has 1 fully saturated rings. The molecule has 20 heavy (non-hydrogen) atoms. The molecular weight excluding hydrogens is 314 g/mol. The van der Waals surface area contributed by atoms with Gasteiger partial charge in [-0.2, -0.15) is 0 Å². The van der Waals surface area contributed by atoms with E-state index < -0.39 is 0 Å². The van der Waals surface area contributed by atoms with Crippen LogP contribution in [0.3, 0.4) is 0 Å². The van der Waals surface area contributed by atoms with Crippen molar-refractivity contribution in [2.75, 3.05) is 13.7 Å². The van der Waals surface area contributed by atoms with E-state index in [1.165, 1.54) is 31.2 Å². The Morgan fingerprint density at radius 3 is 2.60 bits per heavy atom. The van der Waals surface area contributed by atoms with Crippen LogP contribution < -0.4 is 10.1 Å². The molecule has 1 aromatic rings. The van der Waals surface area contributed by atoms with E-state index in [0.29, 0.717) is 11.5 Å². The van der Waals surface area contributed by atoms with Gasteiger partial charge in [0.1, 0.15) is 5.75 Å². The number of rotatable bonds is 6. The van der Waals surface area contributed by atoms with Gasteiger partial charge in [0.25, 0.3) is 0 Å². The Morgan fingerprint density at radius 2 is 2.00 bits per heavy atom. The van der Waals surface area contributed by atoms with Crippen LogP contribution in [-0.4, -0.2) is 19.7 Å². The fourth-order valence-corrected chi connectivity index (χ4v) is 3.66. The summed E-state index contributed by atoms with van der Waals surface area (Å²) in [6, 6.07) is 6.89. The second-order valence-electron chi connectivity index (χ2n) is 6.38. The molecule has 1 N–H and O–H groups in total. The molecule has 1 aliphatic rings. The van der Waals surface area contributed by atoms with E-state index >= 15 is 0 Å². The van der Waals surface area contributed by atoms with Crippen LogP contribution in [0.25, 0.3) is 0 Å². The molecule has 0 bridgehead atoms. The third-order valence-corrected chi connectivity index (χ3v) is 4.85. The summed E-state index contributed by atoms with van der Waals surface area (Å²) in [4.78, 5) is 0. The second-order valence-corrected chi connectivity index (χ2v) is 7.29. The second kappa shape index (κ2) is 6.95. The highest BCUT2D eigenvalue weighted by Crippen LogP contribution is 2.42. The fraction of sp³-hybridized carbons (Fsp3) is 0.647. The van der Waals surface area contributed by atoms with Crippen molar-refractivity contribution in [1.82, 2.24) is 5.32 Å². The third kappa shape index (κ3) is 3.98. The summed E-state index contributed by atoms with van der Waals surface area (Å²) in [5.41, 5.74) is 1.73. The van der Waals surface area contributed by atoms with Crippen molar-refractivity contribution in [2.45, 2.75) is 52.0 Å². The quantitative estimate of drug-likeness (QED) is 0.820. The molecule has 0 heterocycles. The van der Waals surface area contributed by atoms with E-state index in [1.807, 2.05) is 0 Å². The molecule has 0 unspecified atom stereocenters. The fourth-order valence-electron chi connectivity index (χ4n) is 3.25. The first-order valence-electron chi connectivity index (χ1n) is 7.60. The molecule has 1 aliphatic carbocycles. The molecule has 3 heteroatoms. The number of ether oxygens (including phenoxy) is 1. The summed E-state index contributed by atoms with van der Waals surface area (Å²) in [5.74, 6) is 1.02. The van der Waals surface area contributed by atoms with Crippen LogP contribution in [-0.2, 0) is 6.42 Å². The zero-order chi connectivity index (χ0) is 14.6. The van der Waals surface area contributed by atoms with Gasteiger partial charge in [-0.25, -0.2) is 0 Å². The van der Waals surface area contributed by atoms with Crippen molar-refractivity contribution < 1.29 is 4.74 Å². The molecule has 2 nitrogen and oxygen atoms in total. The minimum absolute atomic E-state index is 0.401. The first kappa shape index (κ1) is 15.8. The van der Waals surface area contributed by atoms with Gasteiger partial charge in [-0.15, -0.1) is 0 Å². The van der Waals surface area contributed by atoms with Gasteiger partial charge in [0.05, 0.1) is 7.11 Å². The van der Waals surface area contributed by atoms with Gasteiger partial charge in [-0.3, -0.25) is 0 Å². The van der Waals surface area contributed by atoms with E-state index in [9.17, 15) is 0 Å². The van der Waals surface area contributed by atoms with E-state index in [-0.39, 0.29) is 0 Å². The average Bonchev–Trinajstić information content (AvgIpc) is 2.86. The van der Waals surface area contributed by atoms with Gasteiger partial charge in [0.15, 0.2) is 0 Å². The number of halogens is 1. The van der Waals surface area contributed by atoms with E-state index in [1.54, 1.807) is 7.11 Å². The highest BCUT2D eigenvalue weighted by atomic mass is 79.9. The van der Waals surface area contributed by atoms with Crippen molar-refractivity contribution in [1.29, 1.82) is 0 Å². The Kier molecular flexibility index (Phi) is 5.50. The topological polar surface area (TPSA) is 21.3 Å². The van der Waals surface area contributed by atoms with Gasteiger partial charge < -0.3 is 10.1 Å². The zero-order valence-corrected chi connectivity index (χ0v) is 14.4. The molecule has 0 spiro atoms. The monoisotopic (exact) mass is 339 g/mol. The third-order valence-electron chi connectivity index (χ3n) is 4.36. The lowest BCUT2D eigenvalue weighted by Crippen LogP contribution is -2.37. The lowest BCUT2D eigenvalue weighted by molar-refractivity contribution is 0.265. The van der Waals surface area contributed by atoms with Crippen molar-refractivity contribution in [3.63, 3.8) is 0 Å². The molecular formula is C17H26BrNO. The minimum atomic E-state index is 0.401. The normalized spacial score (nSPS) is 17.6. The Labute approximate surface area is 131 Å². The SMILES string of the molecule is COc1ccc(Br)cc1CC1(CNC(C)C)CCCC1. The molecule has 1 saturated carbocycles. The molecule has 0 aliphatic heterocycles. The molecule has 1 aromatic carbocycles. The lowest BCUT2D eigenvalue weighted by atomic mass is 9.79. The van der Waals surface area contributed by atoms with Gasteiger partial charge >= 0.3 is 0 Å². The van der Waals surface area contributed by atoms with Crippen molar-refractivity contribution in [2.24, 2.45) is 5.41 Å². The molecule has 0 aromatic heterocycles. The van der Waals surface area contributed by atoms with Gasteiger partial charge in [-0.05, 0) is 48.4 Å². The van der Waals surface area contributed by atoms with Crippen LogP contribution >= 0.6 is 15.9 Å². The van der Waals surface area contributed by atoms with Crippen LogP contribution in [0.4, 0.5) is 0 Å². The average molecular weight is 340 g/mol. The number of hydrogen-bond donors (Lipinski definition) is 1. The van der Waals surface area contributed by atoms with Crippen LogP contribution in [0.15, 0.2) is 22.7 Å². The van der Waals surface area contributed by atoms with Gasteiger partial charge in [-0.1, -0.05) is 42.6 Å². The van der Waals surface area contributed by atoms with Crippen LogP contribution in [0.2, 0.25) is 0 Å². The number of nitrogens with one attached hydrogen (secondary N) is 1. The van der Waals surface area contributed by atoms with Crippen LogP contribution in [0.1, 0.15) is 45.1 Å². The summed E-state index contributed by atoms with van der Waals surface area (Å²) in [7, 11) is 1.76. The highest BCUT2D eigenvalue weighted by Gasteiger charge is 2.34. The molecule has 0 atom stereocenters. The summed E-state index contributed by atoms with van der Waals surface area (Å²) >= 11 is 3.58. The van der Waals surface area contributed by atoms with Crippen LogP contribution in [0.5, 0.6) is 5.75 Å². The standard InChI is InChI=1S/C17H26BrNO/c1-13(2)19-12-17(8-4-5-9-17)11-14-10-15(18)6-7-16(14)20-3/h6-7,10,13,19H,4-5,8-9,11-12H2,1-3H3. The summed E-state index contributed by atoms with van der Waals surface area (Å²) in [5, 5.41) is 3.65. The summed E-state index contributed by atoms with van der Waals surface area (Å²) < 4.78 is 6.68. The highest BCUT2D eigenvalue weighted by molar-refractivity contribution is 9.10. The van der Waals surface area contributed by atoms with E-state index in [2.05, 4.69) is 53.3 Å². The molecule has 112 valence electrons. The molecule has 0 saturated heterocycles. The van der Waals surface area contributed by atoms with E-state index in [4.69, 9.17) is 4.74 Å².